The summed E-state index contributed by atoms with van der Waals surface area (Å²) in [7, 11) is 2.09. The summed E-state index contributed by atoms with van der Waals surface area (Å²) < 4.78 is 19.0. The average Bonchev–Trinajstić information content (AvgIpc) is 3.05. The van der Waals surface area contributed by atoms with Crippen LogP contribution in [0.2, 0.25) is 5.02 Å². The van der Waals surface area contributed by atoms with Gasteiger partial charge in [0, 0.05) is 54.9 Å². The predicted molar refractivity (Wildman–Crippen MR) is 177 cm³/mol. The molecule has 9 nitrogen and oxygen atoms in total. The van der Waals surface area contributed by atoms with Crippen LogP contribution in [0, 0.1) is 11.3 Å². The molecule has 45 heavy (non-hydrogen) atoms. The molecule has 0 radical (unpaired) electrons. The van der Waals surface area contributed by atoms with Gasteiger partial charge >= 0.3 is 6.01 Å². The van der Waals surface area contributed by atoms with E-state index >= 15 is 0 Å². The minimum absolute atomic E-state index is 0.166. The molecule has 3 heterocycles. The number of rotatable bonds is 11. The number of allylic oxidation sites excluding steroid dienone is 1. The molecule has 2 aliphatic heterocycles. The van der Waals surface area contributed by atoms with Crippen molar-refractivity contribution in [1.82, 2.24) is 19.8 Å². The second kappa shape index (κ2) is 14.9. The first-order valence-corrected chi connectivity index (χ1v) is 16.0. The number of benzene rings is 2. The first-order valence-electron chi connectivity index (χ1n) is 15.6. The second-order valence-corrected chi connectivity index (χ2v) is 12.1. The van der Waals surface area contributed by atoms with E-state index in [9.17, 15) is 14.4 Å². The van der Waals surface area contributed by atoms with Gasteiger partial charge in [-0.05, 0) is 57.0 Å². The molecule has 2 aromatic carbocycles. The second-order valence-electron chi connectivity index (χ2n) is 11.7. The summed E-state index contributed by atoms with van der Waals surface area (Å²) in [6.45, 7) is 7.65. The lowest BCUT2D eigenvalue weighted by molar-refractivity contribution is -0.128. The molecule has 1 amide bonds. The van der Waals surface area contributed by atoms with Gasteiger partial charge in [-0.2, -0.15) is 15.2 Å². The molecule has 0 spiro atoms. The fourth-order valence-corrected chi connectivity index (χ4v) is 6.49. The third-order valence-corrected chi connectivity index (χ3v) is 9.03. The quantitative estimate of drug-likeness (QED) is 0.259. The number of carbonyl (C=O) groups excluding carboxylic acids is 1. The molecule has 1 aromatic heterocycles. The Labute approximate surface area is 269 Å². The molecular weight excluding hydrogens is 593 g/mol. The van der Waals surface area contributed by atoms with E-state index in [0.717, 1.165) is 53.0 Å². The Morgan fingerprint density at radius 2 is 2.02 bits per heavy atom. The number of nitriles is 1. The zero-order chi connectivity index (χ0) is 31.9. The van der Waals surface area contributed by atoms with Crippen molar-refractivity contribution in [3.63, 3.8) is 0 Å². The van der Waals surface area contributed by atoms with Gasteiger partial charge in [0.1, 0.15) is 19.1 Å². The fourth-order valence-electron chi connectivity index (χ4n) is 6.21. The number of fused-ring (bicyclic) bond motifs is 2. The van der Waals surface area contributed by atoms with Crippen LogP contribution in [0.5, 0.6) is 6.01 Å². The Morgan fingerprint density at radius 3 is 2.78 bits per heavy atom. The van der Waals surface area contributed by atoms with Crippen LogP contribution in [0.15, 0.2) is 48.6 Å². The van der Waals surface area contributed by atoms with Crippen molar-refractivity contribution < 1.29 is 13.9 Å². The molecule has 11 heteroatoms. The van der Waals surface area contributed by atoms with Gasteiger partial charge in [-0.25, -0.2) is 4.39 Å². The number of halogens is 2. The largest absolute Gasteiger partial charge is 0.462 e. The summed E-state index contributed by atoms with van der Waals surface area (Å²) in [5.41, 5.74) is 3.00. The van der Waals surface area contributed by atoms with Crippen molar-refractivity contribution in [3.8, 4) is 12.1 Å². The molecule has 0 aliphatic carbocycles. The zero-order valence-corrected chi connectivity index (χ0v) is 27.0. The number of amides is 1. The fraction of sp³-hybridized carbons (Fsp3) is 0.471. The molecule has 2 atom stereocenters. The molecule has 0 N–H and O–H groups in total. The van der Waals surface area contributed by atoms with Crippen molar-refractivity contribution in [2.24, 2.45) is 0 Å². The maximum Gasteiger partial charge on any atom is 0.318 e. The Hall–Kier alpha value is -3.94. The summed E-state index contributed by atoms with van der Waals surface area (Å²) in [5, 5.41) is 12.4. The van der Waals surface area contributed by atoms with Crippen LogP contribution in [0.3, 0.4) is 0 Å². The number of ether oxygens (including phenoxy) is 1. The topological polar surface area (TPSA) is 88.8 Å². The van der Waals surface area contributed by atoms with Crippen molar-refractivity contribution >= 4 is 39.8 Å². The summed E-state index contributed by atoms with van der Waals surface area (Å²) in [6.07, 6.45) is 4.39. The number of hydrogen-bond acceptors (Lipinski definition) is 8. The summed E-state index contributed by atoms with van der Waals surface area (Å²) in [5.74, 6) is 0.505. The molecular formula is C34H41ClFN7O2. The van der Waals surface area contributed by atoms with E-state index in [0.29, 0.717) is 50.2 Å². The molecule has 0 bridgehead atoms. The SMILES string of the molecule is CCCN(C)[C@H](C)COc1nc2c(c(N3CCN(C(=O)/C=C/CF)[C@@H](CC#N)C3)n1)CCN(c1cccc3cccc(Cl)c13)C2. The Kier molecular flexibility index (Phi) is 10.7. The van der Waals surface area contributed by atoms with Gasteiger partial charge in [-0.1, -0.05) is 42.8 Å². The molecule has 2 aliphatic rings. The van der Waals surface area contributed by atoms with Gasteiger partial charge in [0.15, 0.2) is 0 Å². The summed E-state index contributed by atoms with van der Waals surface area (Å²) >= 11 is 6.70. The standard InChI is InChI=1S/C34H41ClFN7O2/c1-4-17-40(3)24(2)23-45-34-38-29-22-41(30-11-6-9-25-8-5-10-28(35)32(25)30)18-14-27(29)33(39-34)42-19-20-43(26(21-42)13-16-37)31(44)12-7-15-36/h5-12,24,26H,4,13-15,17-23H2,1-3H3/b12-7+/t24-,26+/m1/s1. The molecule has 238 valence electrons. The molecule has 3 aromatic rings. The number of anilines is 2. The van der Waals surface area contributed by atoms with E-state index < -0.39 is 6.67 Å². The number of likely N-dealkylation sites (N-methyl/N-ethyl adjacent to an activating group) is 1. The van der Waals surface area contributed by atoms with Crippen molar-refractivity contribution in [2.45, 2.75) is 51.7 Å². The average molecular weight is 634 g/mol. The normalized spacial score (nSPS) is 17.5. The van der Waals surface area contributed by atoms with Crippen LogP contribution < -0.4 is 14.5 Å². The van der Waals surface area contributed by atoms with E-state index in [2.05, 4.69) is 65.9 Å². The maximum absolute atomic E-state index is 12.8. The number of nitrogens with zero attached hydrogens (tertiary/aromatic N) is 7. The lowest BCUT2D eigenvalue weighted by Gasteiger charge is -2.42. The van der Waals surface area contributed by atoms with Crippen LogP contribution >= 0.6 is 11.6 Å². The van der Waals surface area contributed by atoms with Crippen LogP contribution in [-0.4, -0.2) is 90.8 Å². The molecule has 1 saturated heterocycles. The van der Waals surface area contributed by atoms with Crippen molar-refractivity contribution in [3.05, 3.63) is 64.8 Å². The Morgan fingerprint density at radius 1 is 1.22 bits per heavy atom. The highest BCUT2D eigenvalue weighted by molar-refractivity contribution is 6.36. The Bertz CT molecular complexity index is 1570. The van der Waals surface area contributed by atoms with E-state index in [4.69, 9.17) is 26.3 Å². The summed E-state index contributed by atoms with van der Waals surface area (Å²) in [6, 6.07) is 14.5. The number of aromatic nitrogens is 2. The van der Waals surface area contributed by atoms with Crippen LogP contribution in [0.4, 0.5) is 15.9 Å². The predicted octanol–water partition coefficient (Wildman–Crippen LogP) is 5.41. The maximum atomic E-state index is 12.8. The minimum Gasteiger partial charge on any atom is -0.462 e. The lowest BCUT2D eigenvalue weighted by atomic mass is 10.0. The number of piperazine rings is 1. The van der Waals surface area contributed by atoms with Gasteiger partial charge < -0.3 is 24.3 Å². The Balaban J connectivity index is 1.47. The number of alkyl halides is 1. The zero-order valence-electron chi connectivity index (χ0n) is 26.3. The monoisotopic (exact) mass is 633 g/mol. The van der Waals surface area contributed by atoms with Crippen LogP contribution in [0.25, 0.3) is 10.8 Å². The number of carbonyl (C=O) groups is 1. The van der Waals surface area contributed by atoms with Gasteiger partial charge in [-0.15, -0.1) is 0 Å². The van der Waals surface area contributed by atoms with E-state index in [1.54, 1.807) is 4.90 Å². The van der Waals surface area contributed by atoms with Crippen LogP contribution in [-0.2, 0) is 17.8 Å². The summed E-state index contributed by atoms with van der Waals surface area (Å²) in [4.78, 5) is 31.1. The molecule has 1 fully saturated rings. The van der Waals surface area contributed by atoms with Crippen molar-refractivity contribution in [2.75, 3.05) is 62.9 Å². The third-order valence-electron chi connectivity index (χ3n) is 8.72. The number of hydrogen-bond donors (Lipinski definition) is 0. The van der Waals surface area contributed by atoms with Gasteiger partial charge in [0.25, 0.3) is 0 Å². The highest BCUT2D eigenvalue weighted by Gasteiger charge is 2.33. The molecule has 0 saturated carbocycles. The van der Waals surface area contributed by atoms with Gasteiger partial charge in [0.2, 0.25) is 5.91 Å². The lowest BCUT2D eigenvalue weighted by Crippen LogP contribution is -2.55. The highest BCUT2D eigenvalue weighted by atomic mass is 35.5. The van der Waals surface area contributed by atoms with E-state index in [1.165, 1.54) is 12.2 Å². The first kappa shape index (κ1) is 32.5. The molecule has 0 unspecified atom stereocenters. The minimum atomic E-state index is -0.709. The van der Waals surface area contributed by atoms with Crippen LogP contribution in [0.1, 0.15) is 37.9 Å². The molecule has 5 rings (SSSR count). The smallest absolute Gasteiger partial charge is 0.318 e. The van der Waals surface area contributed by atoms with Gasteiger partial charge in [0.05, 0.1) is 35.8 Å². The third kappa shape index (κ3) is 7.32. The highest BCUT2D eigenvalue weighted by Crippen LogP contribution is 2.37. The van der Waals surface area contributed by atoms with Gasteiger partial charge in [-0.3, -0.25) is 4.79 Å². The first-order chi connectivity index (χ1) is 21.8. The van der Waals surface area contributed by atoms with E-state index in [-0.39, 0.29) is 24.4 Å². The van der Waals surface area contributed by atoms with E-state index in [1.807, 2.05) is 12.1 Å². The van der Waals surface area contributed by atoms with Crippen molar-refractivity contribution in [1.29, 1.82) is 5.26 Å².